The van der Waals surface area contributed by atoms with Crippen molar-refractivity contribution in [2.45, 2.75) is 58.2 Å². The SMILES string of the molecule is CC(C)CC1(CN2CCN(CC3(F)CCN(C(=O)OCc4ccccc4)CC3)CC2)CC1. The van der Waals surface area contributed by atoms with Crippen molar-refractivity contribution in [1.29, 1.82) is 0 Å². The fourth-order valence-electron chi connectivity index (χ4n) is 5.51. The molecule has 1 saturated carbocycles. The molecule has 5 nitrogen and oxygen atoms in total. The monoisotopic (exact) mass is 445 g/mol. The number of likely N-dealkylation sites (tertiary alicyclic amines) is 1. The number of carbonyl (C=O) groups is 1. The zero-order chi connectivity index (χ0) is 22.6. The predicted octanol–water partition coefficient (Wildman–Crippen LogP) is 4.57. The van der Waals surface area contributed by atoms with Gasteiger partial charge in [-0.1, -0.05) is 44.2 Å². The Labute approximate surface area is 192 Å². The van der Waals surface area contributed by atoms with Crippen LogP contribution in [0, 0.1) is 11.3 Å². The molecule has 0 unspecified atom stereocenters. The van der Waals surface area contributed by atoms with Crippen LogP contribution >= 0.6 is 0 Å². The van der Waals surface area contributed by atoms with E-state index in [1.165, 1.54) is 25.8 Å². The van der Waals surface area contributed by atoms with Gasteiger partial charge in [-0.2, -0.15) is 0 Å². The molecule has 2 aliphatic heterocycles. The third kappa shape index (κ3) is 6.44. The van der Waals surface area contributed by atoms with Gasteiger partial charge in [0.15, 0.2) is 0 Å². The van der Waals surface area contributed by atoms with E-state index in [4.69, 9.17) is 4.74 Å². The quantitative estimate of drug-likeness (QED) is 0.587. The van der Waals surface area contributed by atoms with Crippen LogP contribution in [0.5, 0.6) is 0 Å². The lowest BCUT2D eigenvalue weighted by atomic mass is 9.92. The van der Waals surface area contributed by atoms with E-state index >= 15 is 4.39 Å². The van der Waals surface area contributed by atoms with Crippen molar-refractivity contribution in [3.63, 3.8) is 0 Å². The highest BCUT2D eigenvalue weighted by Crippen LogP contribution is 2.51. The third-order valence-corrected chi connectivity index (χ3v) is 7.45. The number of nitrogens with zero attached hydrogens (tertiary/aromatic N) is 3. The molecule has 1 aromatic rings. The second-order valence-electron chi connectivity index (χ2n) is 10.8. The van der Waals surface area contributed by atoms with E-state index in [0.29, 0.717) is 37.9 Å². The molecule has 1 aliphatic carbocycles. The second-order valence-corrected chi connectivity index (χ2v) is 10.8. The van der Waals surface area contributed by atoms with Crippen LogP contribution in [-0.4, -0.2) is 78.8 Å². The van der Waals surface area contributed by atoms with Crippen molar-refractivity contribution >= 4 is 6.09 Å². The fourth-order valence-corrected chi connectivity index (χ4v) is 5.51. The Kier molecular flexibility index (Phi) is 7.40. The maximum Gasteiger partial charge on any atom is 0.410 e. The summed E-state index contributed by atoms with van der Waals surface area (Å²) in [5.41, 5.74) is 0.335. The number of alkyl halides is 1. The maximum atomic E-state index is 15.5. The van der Waals surface area contributed by atoms with Crippen molar-refractivity contribution in [2.24, 2.45) is 11.3 Å². The van der Waals surface area contributed by atoms with Gasteiger partial charge in [0.1, 0.15) is 12.3 Å². The van der Waals surface area contributed by atoms with Gasteiger partial charge in [0.2, 0.25) is 0 Å². The largest absolute Gasteiger partial charge is 0.445 e. The Hall–Kier alpha value is -1.66. The Morgan fingerprint density at radius 1 is 0.938 bits per heavy atom. The van der Waals surface area contributed by atoms with Gasteiger partial charge < -0.3 is 14.5 Å². The van der Waals surface area contributed by atoms with Crippen LogP contribution in [0.1, 0.15) is 51.5 Å². The van der Waals surface area contributed by atoms with Crippen LogP contribution in [0.15, 0.2) is 30.3 Å². The summed E-state index contributed by atoms with van der Waals surface area (Å²) in [6.45, 7) is 11.5. The first kappa shape index (κ1) is 23.5. The van der Waals surface area contributed by atoms with Gasteiger partial charge >= 0.3 is 6.09 Å². The van der Waals surface area contributed by atoms with E-state index in [1.54, 1.807) is 4.90 Å². The number of piperazine rings is 1. The van der Waals surface area contributed by atoms with E-state index in [9.17, 15) is 4.79 Å². The van der Waals surface area contributed by atoms with Crippen LogP contribution in [0.2, 0.25) is 0 Å². The minimum Gasteiger partial charge on any atom is -0.445 e. The summed E-state index contributed by atoms with van der Waals surface area (Å²) in [5, 5.41) is 0. The van der Waals surface area contributed by atoms with Crippen LogP contribution in [0.3, 0.4) is 0 Å². The molecule has 0 N–H and O–H groups in total. The molecule has 3 fully saturated rings. The molecule has 0 atom stereocenters. The molecule has 32 heavy (non-hydrogen) atoms. The second kappa shape index (κ2) is 10.1. The van der Waals surface area contributed by atoms with Crippen LogP contribution in [0.4, 0.5) is 9.18 Å². The number of hydrogen-bond donors (Lipinski definition) is 0. The molecule has 2 saturated heterocycles. The van der Waals surface area contributed by atoms with Crippen molar-refractivity contribution in [3.8, 4) is 0 Å². The molecule has 0 aromatic heterocycles. The lowest BCUT2D eigenvalue weighted by Gasteiger charge is -2.42. The Bertz CT molecular complexity index is 737. The maximum absolute atomic E-state index is 15.5. The average molecular weight is 446 g/mol. The van der Waals surface area contributed by atoms with Gasteiger partial charge in [0.05, 0.1) is 0 Å². The van der Waals surface area contributed by atoms with Crippen LogP contribution in [0.25, 0.3) is 0 Å². The summed E-state index contributed by atoms with van der Waals surface area (Å²) in [5.74, 6) is 0.770. The summed E-state index contributed by atoms with van der Waals surface area (Å²) in [4.78, 5) is 18.9. The molecular weight excluding hydrogens is 405 g/mol. The summed E-state index contributed by atoms with van der Waals surface area (Å²) in [6.07, 6.45) is 4.55. The van der Waals surface area contributed by atoms with E-state index in [0.717, 1.165) is 37.7 Å². The number of ether oxygens (including phenoxy) is 1. The van der Waals surface area contributed by atoms with Gasteiger partial charge in [-0.25, -0.2) is 9.18 Å². The predicted molar refractivity (Wildman–Crippen MR) is 125 cm³/mol. The number of carbonyl (C=O) groups excluding carboxylic acids is 1. The van der Waals surface area contributed by atoms with Crippen molar-refractivity contribution < 1.29 is 13.9 Å². The molecular formula is C26H40FN3O2. The van der Waals surface area contributed by atoms with Crippen molar-refractivity contribution in [3.05, 3.63) is 35.9 Å². The third-order valence-electron chi connectivity index (χ3n) is 7.45. The first-order chi connectivity index (χ1) is 15.3. The molecule has 0 bridgehead atoms. The molecule has 178 valence electrons. The van der Waals surface area contributed by atoms with Gasteiger partial charge in [0.25, 0.3) is 0 Å². The molecule has 2 heterocycles. The van der Waals surface area contributed by atoms with E-state index in [1.807, 2.05) is 30.3 Å². The Morgan fingerprint density at radius 2 is 1.53 bits per heavy atom. The summed E-state index contributed by atoms with van der Waals surface area (Å²) in [6, 6.07) is 9.66. The number of piperidine rings is 1. The highest BCUT2D eigenvalue weighted by atomic mass is 19.1. The first-order valence-corrected chi connectivity index (χ1v) is 12.4. The number of hydrogen-bond acceptors (Lipinski definition) is 4. The summed E-state index contributed by atoms with van der Waals surface area (Å²) < 4.78 is 20.9. The standard InChI is InChI=1S/C26H40FN3O2/c1-22(2)18-25(8-9-25)20-28-14-16-29(17-15-28)21-26(27)10-12-30(13-11-26)24(31)32-19-23-6-4-3-5-7-23/h3-7,22H,8-21H2,1-2H3. The molecule has 1 aromatic carbocycles. The highest BCUT2D eigenvalue weighted by Gasteiger charge is 2.44. The highest BCUT2D eigenvalue weighted by molar-refractivity contribution is 5.67. The van der Waals surface area contributed by atoms with E-state index in [2.05, 4.69) is 23.6 Å². The minimum absolute atomic E-state index is 0.264. The number of amides is 1. The van der Waals surface area contributed by atoms with Gasteiger partial charge in [-0.15, -0.1) is 0 Å². The minimum atomic E-state index is -1.20. The van der Waals surface area contributed by atoms with Gasteiger partial charge in [0, 0.05) is 65.2 Å². The summed E-state index contributed by atoms with van der Waals surface area (Å²) >= 11 is 0. The molecule has 0 radical (unpaired) electrons. The molecule has 1 amide bonds. The van der Waals surface area contributed by atoms with Gasteiger partial charge in [-0.05, 0) is 36.2 Å². The van der Waals surface area contributed by atoms with Crippen molar-refractivity contribution in [1.82, 2.24) is 14.7 Å². The van der Waals surface area contributed by atoms with Crippen molar-refractivity contribution in [2.75, 3.05) is 52.4 Å². The van der Waals surface area contributed by atoms with Crippen LogP contribution in [-0.2, 0) is 11.3 Å². The Morgan fingerprint density at radius 3 is 2.09 bits per heavy atom. The summed E-state index contributed by atoms with van der Waals surface area (Å²) in [7, 11) is 0. The normalized spacial score (nSPS) is 23.3. The zero-order valence-electron chi connectivity index (χ0n) is 19.9. The number of rotatable bonds is 8. The van der Waals surface area contributed by atoms with E-state index < -0.39 is 5.67 Å². The fraction of sp³-hybridized carbons (Fsp3) is 0.731. The Balaban J connectivity index is 1.16. The first-order valence-electron chi connectivity index (χ1n) is 12.4. The zero-order valence-corrected chi connectivity index (χ0v) is 19.9. The molecule has 4 rings (SSSR count). The van der Waals surface area contributed by atoms with E-state index in [-0.39, 0.29) is 12.7 Å². The van der Waals surface area contributed by atoms with Crippen LogP contribution < -0.4 is 0 Å². The molecule has 3 aliphatic rings. The average Bonchev–Trinajstić information content (AvgIpc) is 3.52. The smallest absolute Gasteiger partial charge is 0.410 e. The topological polar surface area (TPSA) is 36.0 Å². The molecule has 0 spiro atoms. The lowest BCUT2D eigenvalue weighted by molar-refractivity contribution is 0.00447. The lowest BCUT2D eigenvalue weighted by Crippen LogP contribution is -2.54. The number of halogens is 1. The molecule has 6 heteroatoms. The van der Waals surface area contributed by atoms with Gasteiger partial charge in [-0.3, -0.25) is 4.90 Å². The number of benzene rings is 1.